The third-order valence-electron chi connectivity index (χ3n) is 6.85. The molecule has 4 N–H and O–H groups in total. The highest BCUT2D eigenvalue weighted by Crippen LogP contribution is 2.50. The lowest BCUT2D eigenvalue weighted by Gasteiger charge is -2.18. The van der Waals surface area contributed by atoms with Gasteiger partial charge in [-0.2, -0.15) is 0 Å². The Morgan fingerprint density at radius 2 is 1.66 bits per heavy atom. The van der Waals surface area contributed by atoms with E-state index in [2.05, 4.69) is 62.6 Å². The average molecular weight is 473 g/mol. The van der Waals surface area contributed by atoms with E-state index in [0.29, 0.717) is 18.3 Å². The van der Waals surface area contributed by atoms with Crippen LogP contribution in [0.25, 0.3) is 11.1 Å². The molecule has 3 aromatic carbocycles. The van der Waals surface area contributed by atoms with Crippen molar-refractivity contribution in [1.82, 2.24) is 5.32 Å². The van der Waals surface area contributed by atoms with Gasteiger partial charge in [-0.25, -0.2) is 0 Å². The first-order valence-corrected chi connectivity index (χ1v) is 12.3. The fraction of sp³-hybridized carbons (Fsp3) is 0.367. The molecule has 0 bridgehead atoms. The Bertz CT molecular complexity index is 1210. The normalized spacial score (nSPS) is 14.5. The molecule has 35 heavy (non-hydrogen) atoms. The second kappa shape index (κ2) is 9.74. The molecule has 0 atom stereocenters. The zero-order chi connectivity index (χ0) is 25.2. The van der Waals surface area contributed by atoms with Gasteiger partial charge in [0.05, 0.1) is 5.41 Å². The number of amides is 1. The summed E-state index contributed by atoms with van der Waals surface area (Å²) in [5.74, 6) is -0.471. The van der Waals surface area contributed by atoms with Gasteiger partial charge in [-0.3, -0.25) is 4.79 Å². The molecule has 4 rings (SSSR count). The second-order valence-corrected chi connectivity index (χ2v) is 11.0. The van der Waals surface area contributed by atoms with Crippen molar-refractivity contribution in [2.24, 2.45) is 5.41 Å². The minimum absolute atomic E-state index is 0.0888. The molecular formula is C30H36N2O3. The third kappa shape index (κ3) is 5.85. The van der Waals surface area contributed by atoms with Crippen LogP contribution in [0.1, 0.15) is 56.7 Å². The van der Waals surface area contributed by atoms with Gasteiger partial charge in [0.15, 0.2) is 11.5 Å². The number of carbonyl (C=O) groups is 1. The second-order valence-electron chi connectivity index (χ2n) is 11.0. The van der Waals surface area contributed by atoms with Crippen molar-refractivity contribution in [3.05, 3.63) is 77.4 Å². The molecule has 1 aliphatic rings. The van der Waals surface area contributed by atoms with Crippen molar-refractivity contribution < 1.29 is 15.0 Å². The van der Waals surface area contributed by atoms with Gasteiger partial charge in [-0.1, -0.05) is 57.2 Å². The number of benzene rings is 3. The summed E-state index contributed by atoms with van der Waals surface area (Å²) in [4.78, 5) is 13.2. The maximum atomic E-state index is 13.2. The Morgan fingerprint density at radius 3 is 2.29 bits per heavy atom. The number of rotatable bonds is 8. The highest BCUT2D eigenvalue weighted by molar-refractivity contribution is 6.02. The maximum absolute atomic E-state index is 13.2. The smallest absolute Gasteiger partial charge is 0.235 e. The van der Waals surface area contributed by atoms with Gasteiger partial charge in [0.1, 0.15) is 0 Å². The topological polar surface area (TPSA) is 81.6 Å². The van der Waals surface area contributed by atoms with Gasteiger partial charge in [0.25, 0.3) is 0 Å². The summed E-state index contributed by atoms with van der Waals surface area (Å²) in [5.41, 5.74) is 5.74. The molecular weight excluding hydrogens is 436 g/mol. The van der Waals surface area contributed by atoms with E-state index in [1.54, 1.807) is 6.07 Å². The highest BCUT2D eigenvalue weighted by Gasteiger charge is 2.51. The summed E-state index contributed by atoms with van der Waals surface area (Å²) in [6, 6.07) is 19.2. The van der Waals surface area contributed by atoms with Gasteiger partial charge in [-0.15, -0.1) is 0 Å². The van der Waals surface area contributed by atoms with Crippen LogP contribution in [0.2, 0.25) is 0 Å². The van der Waals surface area contributed by atoms with E-state index in [0.717, 1.165) is 47.5 Å². The van der Waals surface area contributed by atoms with Crippen LogP contribution < -0.4 is 10.6 Å². The van der Waals surface area contributed by atoms with Crippen LogP contribution in [0.4, 0.5) is 5.69 Å². The number of phenols is 2. The highest BCUT2D eigenvalue weighted by atomic mass is 16.3. The number of hydrogen-bond acceptors (Lipinski definition) is 4. The predicted molar refractivity (Wildman–Crippen MR) is 142 cm³/mol. The molecule has 1 saturated carbocycles. The van der Waals surface area contributed by atoms with E-state index in [1.807, 2.05) is 18.2 Å². The van der Waals surface area contributed by atoms with E-state index in [9.17, 15) is 15.0 Å². The lowest BCUT2D eigenvalue weighted by atomic mass is 9.92. The van der Waals surface area contributed by atoms with Crippen LogP contribution in [-0.2, 0) is 16.8 Å². The molecule has 0 heterocycles. The Labute approximate surface area is 208 Å². The molecule has 184 valence electrons. The molecule has 0 spiro atoms. The Morgan fingerprint density at radius 1 is 0.943 bits per heavy atom. The zero-order valence-electron chi connectivity index (χ0n) is 21.1. The van der Waals surface area contributed by atoms with Crippen molar-refractivity contribution in [3.8, 4) is 22.6 Å². The largest absolute Gasteiger partial charge is 0.504 e. The molecule has 1 amide bonds. The molecule has 1 aliphatic carbocycles. The summed E-state index contributed by atoms with van der Waals surface area (Å²) < 4.78 is 0. The lowest BCUT2D eigenvalue weighted by molar-refractivity contribution is -0.118. The third-order valence-corrected chi connectivity index (χ3v) is 6.85. The molecule has 0 unspecified atom stereocenters. The van der Waals surface area contributed by atoms with Gasteiger partial charge in [0.2, 0.25) is 5.91 Å². The van der Waals surface area contributed by atoms with Gasteiger partial charge < -0.3 is 20.8 Å². The molecule has 0 radical (unpaired) electrons. The Hall–Kier alpha value is -3.31. The van der Waals surface area contributed by atoms with Crippen molar-refractivity contribution in [2.45, 2.75) is 58.9 Å². The minimum Gasteiger partial charge on any atom is -0.504 e. The van der Waals surface area contributed by atoms with Gasteiger partial charge in [0, 0.05) is 12.2 Å². The Balaban J connectivity index is 1.44. The number of aryl methyl sites for hydroxylation is 1. The van der Waals surface area contributed by atoms with Crippen LogP contribution in [0.5, 0.6) is 11.5 Å². The van der Waals surface area contributed by atoms with E-state index in [4.69, 9.17) is 0 Å². The monoisotopic (exact) mass is 472 g/mol. The number of phenolic OH excluding ortho intramolecular Hbond substituents is 2. The summed E-state index contributed by atoms with van der Waals surface area (Å²) in [6.45, 7) is 10.7. The molecule has 0 aromatic heterocycles. The summed E-state index contributed by atoms with van der Waals surface area (Å²) >= 11 is 0. The quantitative estimate of drug-likeness (QED) is 0.230. The van der Waals surface area contributed by atoms with Crippen molar-refractivity contribution in [1.29, 1.82) is 0 Å². The van der Waals surface area contributed by atoms with Crippen molar-refractivity contribution in [2.75, 3.05) is 11.9 Å². The van der Waals surface area contributed by atoms with E-state index in [1.165, 1.54) is 17.7 Å². The van der Waals surface area contributed by atoms with Gasteiger partial charge >= 0.3 is 0 Å². The van der Waals surface area contributed by atoms with Crippen molar-refractivity contribution in [3.63, 3.8) is 0 Å². The number of carbonyl (C=O) groups excluding carboxylic acids is 1. The summed E-state index contributed by atoms with van der Waals surface area (Å²) in [7, 11) is 0. The maximum Gasteiger partial charge on any atom is 0.235 e. The first kappa shape index (κ1) is 24.8. The number of hydrogen-bond donors (Lipinski definition) is 4. The van der Waals surface area contributed by atoms with Crippen LogP contribution >= 0.6 is 0 Å². The fourth-order valence-electron chi connectivity index (χ4n) is 4.35. The lowest BCUT2D eigenvalue weighted by Crippen LogP contribution is -2.27. The van der Waals surface area contributed by atoms with Crippen LogP contribution in [0, 0.1) is 12.3 Å². The molecule has 3 aromatic rings. The van der Waals surface area contributed by atoms with Crippen LogP contribution in [0.3, 0.4) is 0 Å². The summed E-state index contributed by atoms with van der Waals surface area (Å²) in [5, 5.41) is 26.1. The van der Waals surface area contributed by atoms with Gasteiger partial charge in [-0.05, 0) is 90.2 Å². The first-order valence-electron chi connectivity index (χ1n) is 12.3. The van der Waals surface area contributed by atoms with E-state index < -0.39 is 5.41 Å². The first-order chi connectivity index (χ1) is 16.6. The minimum atomic E-state index is -0.655. The Kier molecular flexibility index (Phi) is 6.91. The predicted octanol–water partition coefficient (Wildman–Crippen LogP) is 6.27. The SMILES string of the molecule is Cc1ccc(NC(=O)C2(c3ccc(O)c(O)c3)CC2)cc1-c1ccc(CNCCC(C)(C)C)cc1. The average Bonchev–Trinajstić information content (AvgIpc) is 3.62. The summed E-state index contributed by atoms with van der Waals surface area (Å²) in [6.07, 6.45) is 2.57. The molecule has 1 fully saturated rings. The van der Waals surface area contributed by atoms with Crippen molar-refractivity contribution >= 4 is 11.6 Å². The number of aromatic hydroxyl groups is 2. The van der Waals surface area contributed by atoms with Crippen LogP contribution in [0.15, 0.2) is 60.7 Å². The standard InChI is InChI=1S/C30H36N2O3/c1-20-5-11-24(32-28(35)30(13-14-30)23-10-12-26(33)27(34)17-23)18-25(20)22-8-6-21(7-9-22)19-31-16-15-29(2,3)4/h5-12,17-18,31,33-34H,13-16,19H2,1-4H3,(H,32,35). The molecule has 5 nitrogen and oxygen atoms in total. The molecule has 0 saturated heterocycles. The fourth-order valence-corrected chi connectivity index (χ4v) is 4.35. The van der Waals surface area contributed by atoms with E-state index >= 15 is 0 Å². The zero-order valence-corrected chi connectivity index (χ0v) is 21.1. The van der Waals surface area contributed by atoms with Crippen LogP contribution in [-0.4, -0.2) is 22.7 Å². The number of anilines is 1. The van der Waals surface area contributed by atoms with E-state index in [-0.39, 0.29) is 17.4 Å². The molecule has 5 heteroatoms. The number of nitrogens with one attached hydrogen (secondary N) is 2. The molecule has 0 aliphatic heterocycles.